The fourth-order valence-corrected chi connectivity index (χ4v) is 8.29. The highest BCUT2D eigenvalue weighted by molar-refractivity contribution is 6.10. The van der Waals surface area contributed by atoms with E-state index in [1.54, 1.807) is 0 Å². The summed E-state index contributed by atoms with van der Waals surface area (Å²) in [5.41, 5.74) is 15.6. The molecule has 2 nitrogen and oxygen atoms in total. The molecule has 266 valence electrons. The number of hydrogen-bond acceptors (Lipinski definition) is 1. The van der Waals surface area contributed by atoms with E-state index < -0.39 is 0 Å². The van der Waals surface area contributed by atoms with Crippen LogP contribution in [0.2, 0.25) is 0 Å². The summed E-state index contributed by atoms with van der Waals surface area (Å²) >= 11 is 0. The fourth-order valence-electron chi connectivity index (χ4n) is 8.29. The van der Waals surface area contributed by atoms with E-state index in [4.69, 9.17) is 0 Å². The third-order valence-electron chi connectivity index (χ3n) is 11.1. The summed E-state index contributed by atoms with van der Waals surface area (Å²) in [5, 5.41) is 2.53. The summed E-state index contributed by atoms with van der Waals surface area (Å²) in [7, 11) is 0. The van der Waals surface area contributed by atoms with Gasteiger partial charge in [-0.05, 0) is 106 Å². The van der Waals surface area contributed by atoms with Crippen molar-refractivity contribution in [3.63, 3.8) is 0 Å². The first-order valence-corrected chi connectivity index (χ1v) is 19.5. The first-order chi connectivity index (χ1) is 27.8. The van der Waals surface area contributed by atoms with E-state index in [0.717, 1.165) is 17.8 Å². The maximum absolute atomic E-state index is 2.42. The Balaban J connectivity index is 0.965. The molecule has 0 amide bonds. The number of allylic oxidation sites excluding steroid dienone is 3. The van der Waals surface area contributed by atoms with Crippen molar-refractivity contribution in [2.24, 2.45) is 0 Å². The molecule has 8 aromatic carbocycles. The molecule has 1 heterocycles. The molecule has 0 radical (unpaired) electrons. The van der Waals surface area contributed by atoms with Gasteiger partial charge in [-0.15, -0.1) is 0 Å². The molecule has 1 aliphatic carbocycles. The third-order valence-corrected chi connectivity index (χ3v) is 11.1. The zero-order valence-corrected chi connectivity index (χ0v) is 31.0. The van der Waals surface area contributed by atoms with Crippen LogP contribution >= 0.6 is 0 Å². The summed E-state index contributed by atoms with van der Waals surface area (Å²) in [6.07, 6.45) is 8.00. The smallest absolute Gasteiger partial charge is 0.0541 e. The van der Waals surface area contributed by atoms with Gasteiger partial charge in [0, 0.05) is 39.4 Å². The lowest BCUT2D eigenvalue weighted by Gasteiger charge is -2.30. The van der Waals surface area contributed by atoms with Crippen LogP contribution in [0.4, 0.5) is 11.4 Å². The van der Waals surface area contributed by atoms with Crippen molar-refractivity contribution in [3.05, 3.63) is 236 Å². The van der Waals surface area contributed by atoms with Crippen molar-refractivity contribution in [1.82, 2.24) is 4.57 Å². The van der Waals surface area contributed by atoms with Gasteiger partial charge in [0.05, 0.1) is 11.0 Å². The van der Waals surface area contributed by atoms with Gasteiger partial charge in [0.25, 0.3) is 0 Å². The van der Waals surface area contributed by atoms with E-state index in [-0.39, 0.29) is 0 Å². The standard InChI is InChI=1S/C54H40N2/c1-4-13-39(14-5-1)42-27-32-48(33-28-42)55(50-20-12-17-45(37-50)40-15-6-2-7-16-40)49-34-29-43(30-35-49)41-23-25-44(26-24-41)46-31-36-54-52(38-46)51-21-10-11-22-53(51)56(54)47-18-8-3-9-19-47/h1-16,18-38,45H,17H2. The molecule has 1 aromatic heterocycles. The Morgan fingerprint density at radius 3 is 1.54 bits per heavy atom. The summed E-state index contributed by atoms with van der Waals surface area (Å²) in [6, 6.07) is 74.6. The molecule has 1 atom stereocenters. The van der Waals surface area contributed by atoms with Crippen LogP contribution < -0.4 is 4.90 Å². The number of hydrogen-bond donors (Lipinski definition) is 0. The van der Waals surface area contributed by atoms with Gasteiger partial charge in [0.1, 0.15) is 0 Å². The molecule has 56 heavy (non-hydrogen) atoms. The third kappa shape index (κ3) is 6.32. The highest BCUT2D eigenvalue weighted by Crippen LogP contribution is 2.39. The molecule has 0 spiro atoms. The molecular formula is C54H40N2. The van der Waals surface area contributed by atoms with E-state index in [1.165, 1.54) is 72.1 Å². The molecule has 0 saturated heterocycles. The monoisotopic (exact) mass is 716 g/mol. The van der Waals surface area contributed by atoms with Gasteiger partial charge < -0.3 is 9.47 Å². The maximum atomic E-state index is 2.42. The SMILES string of the molecule is C1=CC(N(c2ccc(-c3ccccc3)cc2)c2ccc(-c3ccc(-c4ccc5c(c4)c4ccccc4n5-c4ccccc4)cc3)cc2)=CC(c2ccccc2)C1. The molecule has 9 aromatic rings. The molecule has 0 saturated carbocycles. The largest absolute Gasteiger partial charge is 0.311 e. The highest BCUT2D eigenvalue weighted by Gasteiger charge is 2.20. The van der Waals surface area contributed by atoms with Crippen LogP contribution in [0.3, 0.4) is 0 Å². The van der Waals surface area contributed by atoms with Crippen LogP contribution in [0.25, 0.3) is 60.9 Å². The topological polar surface area (TPSA) is 8.17 Å². The average Bonchev–Trinajstić information content (AvgIpc) is 3.62. The van der Waals surface area contributed by atoms with E-state index in [2.05, 4.69) is 234 Å². The molecule has 1 unspecified atom stereocenters. The normalized spacial score (nSPS) is 13.9. The van der Waals surface area contributed by atoms with Crippen molar-refractivity contribution >= 4 is 33.2 Å². The zero-order valence-electron chi connectivity index (χ0n) is 31.0. The Bertz CT molecular complexity index is 2830. The van der Waals surface area contributed by atoms with Crippen molar-refractivity contribution in [2.75, 3.05) is 4.90 Å². The fraction of sp³-hybridized carbons (Fsp3) is 0.0370. The maximum Gasteiger partial charge on any atom is 0.0541 e. The molecule has 0 aliphatic heterocycles. The Hall–Kier alpha value is -7.16. The van der Waals surface area contributed by atoms with E-state index in [1.807, 2.05) is 0 Å². The Labute approximate surface area is 328 Å². The van der Waals surface area contributed by atoms with Crippen molar-refractivity contribution in [1.29, 1.82) is 0 Å². The first kappa shape index (κ1) is 33.4. The van der Waals surface area contributed by atoms with Gasteiger partial charge in [-0.25, -0.2) is 0 Å². The summed E-state index contributed by atoms with van der Waals surface area (Å²) in [5.74, 6) is 0.322. The number of anilines is 2. The lowest BCUT2D eigenvalue weighted by Crippen LogP contribution is -2.17. The van der Waals surface area contributed by atoms with Gasteiger partial charge in [0.2, 0.25) is 0 Å². The van der Waals surface area contributed by atoms with E-state index >= 15 is 0 Å². The van der Waals surface area contributed by atoms with Gasteiger partial charge >= 0.3 is 0 Å². The van der Waals surface area contributed by atoms with Crippen LogP contribution in [0, 0.1) is 0 Å². The van der Waals surface area contributed by atoms with Crippen molar-refractivity contribution < 1.29 is 0 Å². The first-order valence-electron chi connectivity index (χ1n) is 19.5. The summed E-state index contributed by atoms with van der Waals surface area (Å²) < 4.78 is 2.37. The number of rotatable bonds is 8. The van der Waals surface area contributed by atoms with Gasteiger partial charge in [-0.2, -0.15) is 0 Å². The molecule has 10 rings (SSSR count). The molecule has 0 fully saturated rings. The van der Waals surface area contributed by atoms with Crippen LogP contribution in [-0.2, 0) is 0 Å². The van der Waals surface area contributed by atoms with Crippen molar-refractivity contribution in [3.8, 4) is 39.1 Å². The second kappa shape index (κ2) is 14.6. The van der Waals surface area contributed by atoms with Crippen LogP contribution in [0.1, 0.15) is 17.9 Å². The van der Waals surface area contributed by atoms with Crippen molar-refractivity contribution in [2.45, 2.75) is 12.3 Å². The van der Waals surface area contributed by atoms with Crippen LogP contribution in [-0.4, -0.2) is 4.57 Å². The molecule has 1 aliphatic rings. The Morgan fingerprint density at radius 2 is 0.893 bits per heavy atom. The van der Waals surface area contributed by atoms with Gasteiger partial charge in [0.15, 0.2) is 0 Å². The number of aromatic nitrogens is 1. The lowest BCUT2D eigenvalue weighted by molar-refractivity contribution is 0.837. The number of benzene rings is 8. The van der Waals surface area contributed by atoms with Gasteiger partial charge in [-0.1, -0.05) is 164 Å². The van der Waals surface area contributed by atoms with E-state index in [0.29, 0.717) is 5.92 Å². The number of nitrogens with zero attached hydrogens (tertiary/aromatic N) is 2. The molecule has 0 bridgehead atoms. The lowest BCUT2D eigenvalue weighted by atomic mass is 9.91. The average molecular weight is 717 g/mol. The summed E-state index contributed by atoms with van der Waals surface area (Å²) in [6.45, 7) is 0. The Morgan fingerprint density at radius 1 is 0.411 bits per heavy atom. The molecule has 2 heteroatoms. The van der Waals surface area contributed by atoms with Crippen LogP contribution in [0.5, 0.6) is 0 Å². The predicted octanol–water partition coefficient (Wildman–Crippen LogP) is 14.6. The second-order valence-electron chi connectivity index (χ2n) is 14.5. The minimum atomic E-state index is 0.322. The number of fused-ring (bicyclic) bond motifs is 3. The minimum Gasteiger partial charge on any atom is -0.311 e. The highest BCUT2D eigenvalue weighted by atomic mass is 15.1. The summed E-state index contributed by atoms with van der Waals surface area (Å²) in [4.78, 5) is 2.39. The minimum absolute atomic E-state index is 0.322. The molecular weight excluding hydrogens is 677 g/mol. The van der Waals surface area contributed by atoms with Crippen LogP contribution in [0.15, 0.2) is 230 Å². The zero-order chi connectivity index (χ0) is 37.3. The Kier molecular flexibility index (Phi) is 8.70. The number of para-hydroxylation sites is 2. The quantitative estimate of drug-likeness (QED) is 0.152. The predicted molar refractivity (Wildman–Crippen MR) is 237 cm³/mol. The second-order valence-corrected chi connectivity index (χ2v) is 14.5. The van der Waals surface area contributed by atoms with Gasteiger partial charge in [-0.3, -0.25) is 0 Å². The van der Waals surface area contributed by atoms with E-state index in [9.17, 15) is 0 Å². The molecule has 0 N–H and O–H groups in total.